The molecule has 1 rings (SSSR count). The number of benzene rings is 1. The molecule has 88 valence electrons. The van der Waals surface area contributed by atoms with Crippen molar-refractivity contribution in [1.82, 2.24) is 5.32 Å². The summed E-state index contributed by atoms with van der Waals surface area (Å²) in [7, 11) is 1.55. The van der Waals surface area contributed by atoms with Crippen molar-refractivity contribution in [1.29, 1.82) is 0 Å². The van der Waals surface area contributed by atoms with Crippen LogP contribution >= 0.6 is 0 Å². The van der Waals surface area contributed by atoms with E-state index in [1.807, 2.05) is 0 Å². The van der Waals surface area contributed by atoms with E-state index in [0.29, 0.717) is 17.9 Å². The third-order valence-corrected chi connectivity index (χ3v) is 2.31. The largest absolute Gasteiger partial charge is 0.508 e. The van der Waals surface area contributed by atoms with Gasteiger partial charge in [-0.25, -0.2) is 0 Å². The molecule has 1 aromatic rings. The predicted octanol–water partition coefficient (Wildman–Crippen LogP) is 0.364. The minimum atomic E-state index is -0.439. The van der Waals surface area contributed by atoms with Gasteiger partial charge in [-0.05, 0) is 25.1 Å². The smallest absolute Gasteiger partial charge is 0.234 e. The molecule has 16 heavy (non-hydrogen) atoms. The van der Waals surface area contributed by atoms with Crippen LogP contribution in [0.3, 0.4) is 0 Å². The lowest BCUT2D eigenvalue weighted by Crippen LogP contribution is -2.38. The van der Waals surface area contributed by atoms with Crippen molar-refractivity contribution in [3.63, 3.8) is 0 Å². The fourth-order valence-corrected chi connectivity index (χ4v) is 1.19. The van der Waals surface area contributed by atoms with Gasteiger partial charge in [0.05, 0.1) is 13.2 Å². The second-order valence-corrected chi connectivity index (χ2v) is 3.50. The summed E-state index contributed by atoms with van der Waals surface area (Å²) in [6.07, 6.45) is 0. The zero-order valence-corrected chi connectivity index (χ0v) is 9.36. The number of carbonyl (C=O) groups excluding carboxylic acids is 1. The maximum absolute atomic E-state index is 10.8. The standard InChI is InChI=1S/C11H16N2O3/c1-7(11(12)15)13-6-8-5-9(16-2)3-4-10(8)14/h3-5,7,13-14H,6H2,1-2H3,(H2,12,15). The molecule has 5 heteroatoms. The van der Waals surface area contributed by atoms with E-state index in [9.17, 15) is 9.90 Å². The van der Waals surface area contributed by atoms with Gasteiger partial charge in [-0.3, -0.25) is 4.79 Å². The van der Waals surface area contributed by atoms with Crippen LogP contribution in [0.1, 0.15) is 12.5 Å². The zero-order valence-electron chi connectivity index (χ0n) is 9.36. The summed E-state index contributed by atoms with van der Waals surface area (Å²) in [5.74, 6) is 0.383. The molecular weight excluding hydrogens is 208 g/mol. The minimum absolute atomic E-state index is 0.157. The molecular formula is C11H16N2O3. The highest BCUT2D eigenvalue weighted by Gasteiger charge is 2.09. The van der Waals surface area contributed by atoms with E-state index in [-0.39, 0.29) is 5.75 Å². The molecule has 0 aromatic heterocycles. The molecule has 0 saturated heterocycles. The van der Waals surface area contributed by atoms with E-state index in [1.165, 1.54) is 0 Å². The number of primary amides is 1. The molecule has 4 N–H and O–H groups in total. The Kier molecular flexibility index (Phi) is 4.13. The number of aromatic hydroxyl groups is 1. The first-order valence-electron chi connectivity index (χ1n) is 4.93. The second kappa shape index (κ2) is 5.37. The highest BCUT2D eigenvalue weighted by atomic mass is 16.5. The summed E-state index contributed by atoms with van der Waals surface area (Å²) in [4.78, 5) is 10.8. The van der Waals surface area contributed by atoms with Crippen LogP contribution in [0, 0.1) is 0 Å². The Morgan fingerprint density at radius 3 is 2.88 bits per heavy atom. The van der Waals surface area contributed by atoms with Gasteiger partial charge in [0.15, 0.2) is 0 Å². The average molecular weight is 224 g/mol. The molecule has 1 amide bonds. The Labute approximate surface area is 94.2 Å². The summed E-state index contributed by atoms with van der Waals surface area (Å²) in [6.45, 7) is 2.02. The molecule has 0 radical (unpaired) electrons. The number of phenolic OH excluding ortho intramolecular Hbond substituents is 1. The van der Waals surface area contributed by atoms with Gasteiger partial charge in [0.25, 0.3) is 0 Å². The zero-order chi connectivity index (χ0) is 12.1. The maximum atomic E-state index is 10.8. The quantitative estimate of drug-likeness (QED) is 0.674. The fourth-order valence-electron chi connectivity index (χ4n) is 1.19. The van der Waals surface area contributed by atoms with Gasteiger partial charge in [0.2, 0.25) is 5.91 Å². The molecule has 0 aliphatic heterocycles. The predicted molar refractivity (Wildman–Crippen MR) is 60.2 cm³/mol. The summed E-state index contributed by atoms with van der Waals surface area (Å²) in [6, 6.07) is 4.47. The van der Waals surface area contributed by atoms with Crippen LogP contribution in [0.2, 0.25) is 0 Å². The number of carbonyl (C=O) groups is 1. The first-order valence-corrected chi connectivity index (χ1v) is 4.93. The Hall–Kier alpha value is -1.75. The molecule has 0 fully saturated rings. The third kappa shape index (κ3) is 3.13. The maximum Gasteiger partial charge on any atom is 0.234 e. The second-order valence-electron chi connectivity index (χ2n) is 3.50. The van der Waals surface area contributed by atoms with E-state index in [2.05, 4.69) is 5.32 Å². The van der Waals surface area contributed by atoms with Crippen molar-refractivity contribution in [2.75, 3.05) is 7.11 Å². The van der Waals surface area contributed by atoms with Crippen LogP contribution in [-0.4, -0.2) is 24.2 Å². The molecule has 0 aliphatic carbocycles. The van der Waals surface area contributed by atoms with Crippen LogP contribution in [-0.2, 0) is 11.3 Å². The Balaban J connectivity index is 2.69. The van der Waals surface area contributed by atoms with E-state index >= 15 is 0 Å². The number of nitrogens with one attached hydrogen (secondary N) is 1. The number of methoxy groups -OCH3 is 1. The van der Waals surface area contributed by atoms with Gasteiger partial charge in [0, 0.05) is 12.1 Å². The third-order valence-electron chi connectivity index (χ3n) is 2.31. The van der Waals surface area contributed by atoms with Crippen molar-refractivity contribution in [3.05, 3.63) is 23.8 Å². The molecule has 0 saturated carbocycles. The van der Waals surface area contributed by atoms with Gasteiger partial charge < -0.3 is 20.9 Å². The fraction of sp³-hybridized carbons (Fsp3) is 0.364. The average Bonchev–Trinajstić information content (AvgIpc) is 2.27. The molecule has 5 nitrogen and oxygen atoms in total. The van der Waals surface area contributed by atoms with Crippen LogP contribution in [0.25, 0.3) is 0 Å². The molecule has 0 aliphatic rings. The SMILES string of the molecule is COc1ccc(O)c(CNC(C)C(N)=O)c1. The van der Waals surface area contributed by atoms with Crippen molar-refractivity contribution in [3.8, 4) is 11.5 Å². The molecule has 1 unspecified atom stereocenters. The van der Waals surface area contributed by atoms with Gasteiger partial charge in [0.1, 0.15) is 11.5 Å². The van der Waals surface area contributed by atoms with Crippen LogP contribution in [0.15, 0.2) is 18.2 Å². The Morgan fingerprint density at radius 1 is 1.62 bits per heavy atom. The highest BCUT2D eigenvalue weighted by Crippen LogP contribution is 2.22. The van der Waals surface area contributed by atoms with Gasteiger partial charge in [-0.15, -0.1) is 0 Å². The Morgan fingerprint density at radius 2 is 2.31 bits per heavy atom. The summed E-state index contributed by atoms with van der Waals surface area (Å²) < 4.78 is 5.03. The molecule has 0 spiro atoms. The van der Waals surface area contributed by atoms with Gasteiger partial charge >= 0.3 is 0 Å². The lowest BCUT2D eigenvalue weighted by atomic mass is 10.1. The number of hydrogen-bond donors (Lipinski definition) is 3. The first kappa shape index (κ1) is 12.3. The summed E-state index contributed by atoms with van der Waals surface area (Å²) >= 11 is 0. The topological polar surface area (TPSA) is 84.6 Å². The molecule has 0 bridgehead atoms. The highest BCUT2D eigenvalue weighted by molar-refractivity contribution is 5.79. The summed E-state index contributed by atoms with van der Waals surface area (Å²) in [5.41, 5.74) is 5.77. The lowest BCUT2D eigenvalue weighted by Gasteiger charge is -2.11. The number of nitrogens with two attached hydrogens (primary N) is 1. The minimum Gasteiger partial charge on any atom is -0.508 e. The van der Waals surface area contributed by atoms with Crippen molar-refractivity contribution in [2.24, 2.45) is 5.73 Å². The summed E-state index contributed by atoms with van der Waals surface area (Å²) in [5, 5.41) is 12.5. The van der Waals surface area contributed by atoms with Crippen molar-refractivity contribution in [2.45, 2.75) is 19.5 Å². The van der Waals surface area contributed by atoms with Gasteiger partial charge in [-0.2, -0.15) is 0 Å². The lowest BCUT2D eigenvalue weighted by molar-refractivity contribution is -0.119. The number of hydrogen-bond acceptors (Lipinski definition) is 4. The molecule has 1 atom stereocenters. The number of rotatable bonds is 5. The van der Waals surface area contributed by atoms with Crippen molar-refractivity contribution < 1.29 is 14.6 Å². The number of ether oxygens (including phenoxy) is 1. The normalized spacial score (nSPS) is 12.1. The molecule has 1 aromatic carbocycles. The molecule has 0 heterocycles. The van der Waals surface area contributed by atoms with E-state index < -0.39 is 11.9 Å². The van der Waals surface area contributed by atoms with E-state index in [0.717, 1.165) is 0 Å². The first-order chi connectivity index (χ1) is 7.54. The Bertz CT molecular complexity index is 379. The van der Waals surface area contributed by atoms with Crippen LogP contribution < -0.4 is 15.8 Å². The number of phenols is 1. The van der Waals surface area contributed by atoms with E-state index in [4.69, 9.17) is 10.5 Å². The van der Waals surface area contributed by atoms with Crippen LogP contribution in [0.5, 0.6) is 11.5 Å². The monoisotopic (exact) mass is 224 g/mol. The number of amides is 1. The van der Waals surface area contributed by atoms with Crippen LogP contribution in [0.4, 0.5) is 0 Å². The van der Waals surface area contributed by atoms with Gasteiger partial charge in [-0.1, -0.05) is 0 Å². The van der Waals surface area contributed by atoms with E-state index in [1.54, 1.807) is 32.2 Å². The van der Waals surface area contributed by atoms with Crippen molar-refractivity contribution >= 4 is 5.91 Å².